The van der Waals surface area contributed by atoms with Crippen LogP contribution in [0.4, 0.5) is 0 Å². The van der Waals surface area contributed by atoms with Gasteiger partial charge in [0, 0.05) is 12.3 Å². The molecule has 0 spiro atoms. The number of benzene rings is 1. The van der Waals surface area contributed by atoms with Gasteiger partial charge in [-0.05, 0) is 24.6 Å². The summed E-state index contributed by atoms with van der Waals surface area (Å²) in [5.41, 5.74) is 0.966. The summed E-state index contributed by atoms with van der Waals surface area (Å²) in [6, 6.07) is 11.5. The Morgan fingerprint density at radius 1 is 1.30 bits per heavy atom. The molecule has 1 aromatic heterocycles. The molecule has 1 heterocycles. The Morgan fingerprint density at radius 2 is 2.10 bits per heavy atom. The molecule has 20 heavy (non-hydrogen) atoms. The lowest BCUT2D eigenvalue weighted by atomic mass is 10.3. The summed E-state index contributed by atoms with van der Waals surface area (Å²) >= 11 is 0. The van der Waals surface area contributed by atoms with E-state index in [1.165, 1.54) is 6.08 Å². The Balaban J connectivity index is 2.14. The molecule has 0 saturated carbocycles. The lowest BCUT2D eigenvalue weighted by Crippen LogP contribution is -2.10. The third-order valence-corrected chi connectivity index (χ3v) is 2.68. The highest BCUT2D eigenvalue weighted by Gasteiger charge is 1.94. The van der Waals surface area contributed by atoms with Crippen molar-refractivity contribution < 1.29 is 4.79 Å². The van der Waals surface area contributed by atoms with Crippen LogP contribution in [0, 0.1) is 0 Å². The van der Waals surface area contributed by atoms with E-state index < -0.39 is 0 Å². The van der Waals surface area contributed by atoms with Crippen molar-refractivity contribution >= 4 is 5.91 Å². The lowest BCUT2D eigenvalue weighted by molar-refractivity contribution is -0.113. The predicted molar refractivity (Wildman–Crippen MR) is 78.2 cm³/mol. The lowest BCUT2D eigenvalue weighted by Gasteiger charge is -2.02. The molecule has 0 radical (unpaired) electrons. The first-order valence-electron chi connectivity index (χ1n) is 6.65. The molecule has 0 N–H and O–H groups in total. The van der Waals surface area contributed by atoms with Crippen LogP contribution in [-0.4, -0.2) is 15.7 Å². The molecule has 0 fully saturated rings. The van der Waals surface area contributed by atoms with Crippen LogP contribution in [0.1, 0.15) is 19.8 Å². The Kier molecular flexibility index (Phi) is 5.00. The fourth-order valence-electron chi connectivity index (χ4n) is 1.66. The molecule has 4 nitrogen and oxygen atoms in total. The first kappa shape index (κ1) is 13.9. The van der Waals surface area contributed by atoms with Gasteiger partial charge in [0.1, 0.15) is 0 Å². The summed E-state index contributed by atoms with van der Waals surface area (Å²) < 4.78 is 1.73. The highest BCUT2D eigenvalue weighted by molar-refractivity contribution is 5.88. The summed E-state index contributed by atoms with van der Waals surface area (Å²) in [6.07, 6.45) is 8.62. The normalized spacial score (nSPS) is 11.9. The number of hydrogen-bond donors (Lipinski definition) is 0. The van der Waals surface area contributed by atoms with Crippen molar-refractivity contribution in [1.82, 2.24) is 9.78 Å². The molecular weight excluding hydrogens is 250 g/mol. The minimum absolute atomic E-state index is 0.252. The second-order valence-corrected chi connectivity index (χ2v) is 4.31. The SMILES string of the molecule is CCC/C=C/C(=O)/N=c1/ccn(-c2ccccc2)nc1. The van der Waals surface area contributed by atoms with Gasteiger partial charge in [-0.3, -0.25) is 4.79 Å². The van der Waals surface area contributed by atoms with Crippen molar-refractivity contribution in [2.75, 3.05) is 0 Å². The number of carbonyl (C=O) groups excluding carboxylic acids is 1. The quantitative estimate of drug-likeness (QED) is 0.799. The van der Waals surface area contributed by atoms with Gasteiger partial charge in [0.15, 0.2) is 0 Å². The average Bonchev–Trinajstić information content (AvgIpc) is 2.49. The Labute approximate surface area is 118 Å². The van der Waals surface area contributed by atoms with E-state index >= 15 is 0 Å². The third-order valence-electron chi connectivity index (χ3n) is 2.68. The van der Waals surface area contributed by atoms with E-state index in [0.717, 1.165) is 18.5 Å². The van der Waals surface area contributed by atoms with Gasteiger partial charge < -0.3 is 0 Å². The highest BCUT2D eigenvalue weighted by Crippen LogP contribution is 2.02. The maximum absolute atomic E-state index is 11.6. The summed E-state index contributed by atoms with van der Waals surface area (Å²) in [5, 5.41) is 4.80. The number of aromatic nitrogens is 2. The molecule has 0 aliphatic carbocycles. The summed E-state index contributed by atoms with van der Waals surface area (Å²) in [5.74, 6) is -0.252. The van der Waals surface area contributed by atoms with Crippen molar-refractivity contribution in [1.29, 1.82) is 0 Å². The zero-order valence-corrected chi connectivity index (χ0v) is 11.4. The second-order valence-electron chi connectivity index (χ2n) is 4.31. The van der Waals surface area contributed by atoms with Crippen LogP contribution in [0.15, 0.2) is 65.9 Å². The van der Waals surface area contributed by atoms with Crippen LogP contribution in [0.25, 0.3) is 5.69 Å². The number of unbranched alkanes of at least 4 members (excludes halogenated alkanes) is 1. The topological polar surface area (TPSA) is 47.2 Å². The summed E-state index contributed by atoms with van der Waals surface area (Å²) in [6.45, 7) is 2.06. The second kappa shape index (κ2) is 7.19. The number of hydrogen-bond acceptors (Lipinski definition) is 2. The summed E-state index contributed by atoms with van der Waals surface area (Å²) in [4.78, 5) is 15.5. The molecule has 1 aromatic carbocycles. The van der Waals surface area contributed by atoms with Crippen LogP contribution in [0.3, 0.4) is 0 Å². The van der Waals surface area contributed by atoms with E-state index in [4.69, 9.17) is 0 Å². The first-order chi connectivity index (χ1) is 9.79. The molecule has 0 bridgehead atoms. The van der Waals surface area contributed by atoms with E-state index in [1.807, 2.05) is 36.4 Å². The molecule has 0 aliphatic rings. The minimum Gasteiger partial charge on any atom is -0.267 e. The highest BCUT2D eigenvalue weighted by atomic mass is 16.1. The van der Waals surface area contributed by atoms with E-state index in [1.54, 1.807) is 23.1 Å². The Hall–Kier alpha value is -2.49. The van der Waals surface area contributed by atoms with Crippen LogP contribution in [0.2, 0.25) is 0 Å². The van der Waals surface area contributed by atoms with E-state index in [2.05, 4.69) is 17.0 Å². The minimum atomic E-state index is -0.252. The van der Waals surface area contributed by atoms with Crippen molar-refractivity contribution in [3.8, 4) is 5.69 Å². The Morgan fingerprint density at radius 3 is 2.75 bits per heavy atom. The molecular formula is C16H17N3O. The first-order valence-corrected chi connectivity index (χ1v) is 6.65. The summed E-state index contributed by atoms with van der Waals surface area (Å²) in [7, 11) is 0. The van der Waals surface area contributed by atoms with Crippen LogP contribution >= 0.6 is 0 Å². The maximum atomic E-state index is 11.6. The monoisotopic (exact) mass is 267 g/mol. The van der Waals surface area contributed by atoms with Crippen molar-refractivity contribution in [3.63, 3.8) is 0 Å². The van der Waals surface area contributed by atoms with E-state index in [0.29, 0.717) is 5.36 Å². The van der Waals surface area contributed by atoms with Gasteiger partial charge in [-0.1, -0.05) is 37.6 Å². The Bertz CT molecular complexity index is 636. The van der Waals surface area contributed by atoms with Crippen molar-refractivity contribution in [2.24, 2.45) is 4.99 Å². The van der Waals surface area contributed by atoms with Gasteiger partial charge in [-0.2, -0.15) is 5.10 Å². The molecule has 1 amide bonds. The van der Waals surface area contributed by atoms with Gasteiger partial charge in [-0.15, -0.1) is 0 Å². The largest absolute Gasteiger partial charge is 0.269 e. The number of para-hydroxylation sites is 1. The predicted octanol–water partition coefficient (Wildman–Crippen LogP) is 2.66. The third kappa shape index (κ3) is 4.02. The number of allylic oxidation sites excluding steroid dienone is 1. The standard InChI is InChI=1S/C16H17N3O/c1-2-3-5-10-16(20)18-14-11-12-19(17-13-14)15-8-6-4-7-9-15/h4-13H,2-3H2,1H3/b10-5+,18-14-. The fraction of sp³-hybridized carbons (Fsp3) is 0.188. The number of nitrogens with zero attached hydrogens (tertiary/aromatic N) is 3. The van der Waals surface area contributed by atoms with Gasteiger partial charge >= 0.3 is 0 Å². The smallest absolute Gasteiger partial charge is 0.267 e. The van der Waals surface area contributed by atoms with Crippen LogP contribution in [-0.2, 0) is 4.79 Å². The number of rotatable bonds is 4. The zero-order chi connectivity index (χ0) is 14.2. The molecule has 0 saturated heterocycles. The zero-order valence-electron chi connectivity index (χ0n) is 11.4. The van der Waals surface area contributed by atoms with Crippen molar-refractivity contribution in [2.45, 2.75) is 19.8 Å². The van der Waals surface area contributed by atoms with Gasteiger partial charge in [0.25, 0.3) is 5.91 Å². The number of amides is 1. The fourth-order valence-corrected chi connectivity index (χ4v) is 1.66. The van der Waals surface area contributed by atoms with Gasteiger partial charge in [0.05, 0.1) is 17.2 Å². The van der Waals surface area contributed by atoms with Gasteiger partial charge in [-0.25, -0.2) is 9.67 Å². The van der Waals surface area contributed by atoms with E-state index in [9.17, 15) is 4.79 Å². The average molecular weight is 267 g/mol. The van der Waals surface area contributed by atoms with Gasteiger partial charge in [0.2, 0.25) is 0 Å². The molecule has 0 aliphatic heterocycles. The maximum Gasteiger partial charge on any atom is 0.269 e. The number of carbonyl (C=O) groups is 1. The molecule has 0 atom stereocenters. The molecule has 4 heteroatoms. The van der Waals surface area contributed by atoms with Crippen LogP contribution < -0.4 is 5.36 Å². The molecule has 0 unspecified atom stereocenters. The molecule has 2 aromatic rings. The van der Waals surface area contributed by atoms with Crippen molar-refractivity contribution in [3.05, 3.63) is 66.3 Å². The molecule has 2 rings (SSSR count). The van der Waals surface area contributed by atoms with Crippen LogP contribution in [0.5, 0.6) is 0 Å². The molecule has 102 valence electrons. The van der Waals surface area contributed by atoms with E-state index in [-0.39, 0.29) is 5.91 Å².